The van der Waals surface area contributed by atoms with E-state index in [1.807, 2.05) is 48.5 Å². The predicted molar refractivity (Wildman–Crippen MR) is 97.1 cm³/mol. The molecule has 0 spiro atoms. The number of hydrogen-bond donors (Lipinski definition) is 0. The van der Waals surface area contributed by atoms with Gasteiger partial charge in [-0.25, -0.2) is 4.79 Å². The van der Waals surface area contributed by atoms with Crippen LogP contribution in [0.4, 0.5) is 4.79 Å². The number of ether oxygens (including phenoxy) is 1. The monoisotopic (exact) mass is 360 g/mol. The Morgan fingerprint density at radius 3 is 2.17 bits per heavy atom. The second-order valence-electron chi connectivity index (χ2n) is 8.93. The van der Waals surface area contributed by atoms with Gasteiger partial charge in [-0.05, 0) is 47.0 Å². The Balaban J connectivity index is 3.27. The van der Waals surface area contributed by atoms with E-state index in [4.69, 9.17) is 16.3 Å². The van der Waals surface area contributed by atoms with Crippen LogP contribution in [0.2, 0.25) is 0 Å². The summed E-state index contributed by atoms with van der Waals surface area (Å²) in [6.07, 6.45) is 1.40. The molecule has 6 heteroatoms. The Morgan fingerprint density at radius 2 is 1.75 bits per heavy atom. The van der Waals surface area contributed by atoms with Crippen LogP contribution in [-0.2, 0) is 9.53 Å². The van der Waals surface area contributed by atoms with Crippen molar-refractivity contribution in [1.29, 1.82) is 0 Å². The van der Waals surface area contributed by atoms with E-state index in [1.165, 1.54) is 0 Å². The summed E-state index contributed by atoms with van der Waals surface area (Å²) in [5.74, 6) is 0.512. The van der Waals surface area contributed by atoms with Crippen LogP contribution in [0.15, 0.2) is 0 Å². The molecule has 0 unspecified atom stereocenters. The first-order valence-corrected chi connectivity index (χ1v) is 9.14. The van der Waals surface area contributed by atoms with Gasteiger partial charge in [0.2, 0.25) is 5.91 Å². The van der Waals surface area contributed by atoms with E-state index in [-0.39, 0.29) is 17.5 Å². The molecular weight excluding hydrogens is 328 g/mol. The van der Waals surface area contributed by atoms with Crippen LogP contribution < -0.4 is 0 Å². The van der Waals surface area contributed by atoms with Crippen molar-refractivity contribution in [3.8, 4) is 0 Å². The summed E-state index contributed by atoms with van der Waals surface area (Å²) < 4.78 is 5.63. The highest BCUT2D eigenvalue weighted by molar-refractivity contribution is 6.17. The zero-order valence-electron chi connectivity index (χ0n) is 16.4. The number of amides is 2. The van der Waals surface area contributed by atoms with Crippen molar-refractivity contribution < 1.29 is 14.3 Å². The van der Waals surface area contributed by atoms with Crippen molar-refractivity contribution in [2.24, 2.45) is 5.41 Å². The van der Waals surface area contributed by atoms with Gasteiger partial charge in [-0.2, -0.15) is 0 Å². The molecule has 1 fully saturated rings. The van der Waals surface area contributed by atoms with E-state index in [1.54, 1.807) is 16.8 Å². The van der Waals surface area contributed by atoms with Gasteiger partial charge in [0.25, 0.3) is 0 Å². The van der Waals surface area contributed by atoms with E-state index in [0.29, 0.717) is 12.3 Å². The molecule has 5 nitrogen and oxygen atoms in total. The number of carbonyl (C=O) groups is 2. The average molecular weight is 361 g/mol. The van der Waals surface area contributed by atoms with Crippen LogP contribution in [0.1, 0.15) is 67.7 Å². The third kappa shape index (κ3) is 4.35. The highest BCUT2D eigenvalue weighted by Gasteiger charge is 2.59. The molecule has 0 radical (unpaired) electrons. The molecule has 0 N–H and O–H groups in total. The molecule has 0 aromatic rings. The van der Waals surface area contributed by atoms with Crippen molar-refractivity contribution in [3.05, 3.63) is 0 Å². The van der Waals surface area contributed by atoms with Crippen LogP contribution in [0.25, 0.3) is 0 Å². The largest absolute Gasteiger partial charge is 0.444 e. The minimum atomic E-state index is -0.902. The maximum atomic E-state index is 13.0. The maximum absolute atomic E-state index is 13.0. The smallest absolute Gasteiger partial charge is 0.412 e. The lowest BCUT2D eigenvalue weighted by molar-refractivity contribution is -0.133. The average Bonchev–Trinajstić information content (AvgIpc) is 2.58. The van der Waals surface area contributed by atoms with E-state index in [2.05, 4.69) is 0 Å². The molecule has 1 saturated heterocycles. The van der Waals surface area contributed by atoms with Crippen LogP contribution in [-0.4, -0.2) is 52.0 Å². The fourth-order valence-electron chi connectivity index (χ4n) is 3.41. The number of hydrogen-bond acceptors (Lipinski definition) is 3. The number of unbranched alkanes of at least 4 members (excludes halogenated alkanes) is 1. The first-order valence-electron chi connectivity index (χ1n) is 8.61. The standard InChI is InChI=1S/C18H33ClN2O3/c1-16(2,3)13-20(8)14(22)18(7,11-9-10-12-19)21(13)15(23)24-17(4,5)6/h13H,9-12H2,1-8H3/t13-,18-/m0/s1. The number of alkyl halides is 1. The Labute approximate surface area is 151 Å². The van der Waals surface area contributed by atoms with Gasteiger partial charge in [-0.15, -0.1) is 11.6 Å². The zero-order valence-corrected chi connectivity index (χ0v) is 17.2. The minimum absolute atomic E-state index is 0.0390. The maximum Gasteiger partial charge on any atom is 0.412 e. The minimum Gasteiger partial charge on any atom is -0.444 e. The summed E-state index contributed by atoms with van der Waals surface area (Å²) in [6.45, 7) is 13.4. The third-order valence-electron chi connectivity index (χ3n) is 4.34. The summed E-state index contributed by atoms with van der Waals surface area (Å²) in [5, 5.41) is 0. The molecule has 0 aliphatic carbocycles. The first kappa shape index (κ1) is 21.1. The lowest BCUT2D eigenvalue weighted by atomic mass is 9.89. The predicted octanol–water partition coefficient (Wildman–Crippen LogP) is 4.24. The number of carbonyl (C=O) groups excluding carboxylic acids is 2. The van der Waals surface area contributed by atoms with Gasteiger partial charge in [0.1, 0.15) is 17.3 Å². The molecule has 0 bridgehead atoms. The summed E-state index contributed by atoms with van der Waals surface area (Å²) in [5.41, 5.74) is -1.80. The summed E-state index contributed by atoms with van der Waals surface area (Å²) in [7, 11) is 1.77. The molecule has 0 aromatic carbocycles. The zero-order chi connectivity index (χ0) is 18.9. The summed E-state index contributed by atoms with van der Waals surface area (Å²) in [4.78, 5) is 29.3. The van der Waals surface area contributed by atoms with Crippen LogP contribution >= 0.6 is 11.6 Å². The molecule has 140 valence electrons. The van der Waals surface area contributed by atoms with Crippen LogP contribution in [0.5, 0.6) is 0 Å². The van der Waals surface area contributed by atoms with Gasteiger partial charge in [-0.3, -0.25) is 9.69 Å². The van der Waals surface area contributed by atoms with Gasteiger partial charge in [0.05, 0.1) is 0 Å². The Bertz CT molecular complexity index is 482. The van der Waals surface area contributed by atoms with E-state index < -0.39 is 17.2 Å². The molecule has 1 aliphatic heterocycles. The van der Waals surface area contributed by atoms with Crippen molar-refractivity contribution in [3.63, 3.8) is 0 Å². The van der Waals surface area contributed by atoms with E-state index in [0.717, 1.165) is 12.8 Å². The normalized spacial score (nSPS) is 25.4. The SMILES string of the molecule is CN1C(=O)[C@](C)(CCCCCl)N(C(=O)OC(C)(C)C)[C@H]1C(C)(C)C. The fraction of sp³-hybridized carbons (Fsp3) is 0.889. The quantitative estimate of drug-likeness (QED) is 0.556. The second kappa shape index (κ2) is 7.11. The van der Waals surface area contributed by atoms with Crippen LogP contribution in [0.3, 0.4) is 0 Å². The van der Waals surface area contributed by atoms with Crippen molar-refractivity contribution in [2.45, 2.75) is 85.0 Å². The van der Waals surface area contributed by atoms with Gasteiger partial charge in [0, 0.05) is 18.3 Å². The van der Waals surface area contributed by atoms with Gasteiger partial charge in [0.15, 0.2) is 0 Å². The number of nitrogens with zero attached hydrogens (tertiary/aromatic N) is 2. The summed E-state index contributed by atoms with van der Waals surface area (Å²) >= 11 is 5.78. The van der Waals surface area contributed by atoms with Gasteiger partial charge in [-0.1, -0.05) is 20.8 Å². The number of rotatable bonds is 4. The van der Waals surface area contributed by atoms with Crippen LogP contribution in [0, 0.1) is 5.41 Å². The Hall–Kier alpha value is -0.970. The summed E-state index contributed by atoms with van der Waals surface area (Å²) in [6, 6.07) is 0. The van der Waals surface area contributed by atoms with E-state index >= 15 is 0 Å². The molecule has 0 aromatic heterocycles. The lowest BCUT2D eigenvalue weighted by Crippen LogP contribution is -2.56. The molecule has 1 heterocycles. The molecule has 1 rings (SSSR count). The molecule has 2 amide bonds. The first-order chi connectivity index (χ1) is 10.8. The second-order valence-corrected chi connectivity index (χ2v) is 9.30. The van der Waals surface area contributed by atoms with E-state index in [9.17, 15) is 9.59 Å². The molecule has 24 heavy (non-hydrogen) atoms. The highest BCUT2D eigenvalue weighted by Crippen LogP contribution is 2.42. The topological polar surface area (TPSA) is 49.9 Å². The Morgan fingerprint density at radius 1 is 1.21 bits per heavy atom. The Kier molecular flexibility index (Phi) is 6.24. The third-order valence-corrected chi connectivity index (χ3v) is 4.60. The fourth-order valence-corrected chi connectivity index (χ4v) is 3.60. The van der Waals surface area contributed by atoms with Gasteiger partial charge < -0.3 is 9.64 Å². The number of likely N-dealkylation sites (N-methyl/N-ethyl adjacent to an activating group) is 1. The highest BCUT2D eigenvalue weighted by atomic mass is 35.5. The molecule has 0 saturated carbocycles. The lowest BCUT2D eigenvalue weighted by Gasteiger charge is -2.42. The van der Waals surface area contributed by atoms with Crippen molar-refractivity contribution in [1.82, 2.24) is 9.80 Å². The molecule has 1 aliphatic rings. The number of halogens is 1. The molecular formula is C18H33ClN2O3. The van der Waals surface area contributed by atoms with Crippen molar-refractivity contribution >= 4 is 23.6 Å². The van der Waals surface area contributed by atoms with Gasteiger partial charge >= 0.3 is 6.09 Å². The van der Waals surface area contributed by atoms with Crippen molar-refractivity contribution in [2.75, 3.05) is 12.9 Å². The molecule has 2 atom stereocenters.